The largest absolute Gasteiger partial charge is 0.465 e. The number of hydrogen-bond donors (Lipinski definition) is 0. The van der Waals surface area contributed by atoms with Gasteiger partial charge in [0, 0.05) is 24.1 Å². The van der Waals surface area contributed by atoms with Crippen molar-refractivity contribution in [2.24, 2.45) is 0 Å². The first-order chi connectivity index (χ1) is 16.0. The monoisotopic (exact) mass is 448 g/mol. The maximum atomic E-state index is 13.7. The Morgan fingerprint density at radius 3 is 2.33 bits per heavy atom. The van der Waals surface area contributed by atoms with Gasteiger partial charge in [-0.3, -0.25) is 4.98 Å². The molecule has 0 N–H and O–H groups in total. The van der Waals surface area contributed by atoms with Crippen molar-refractivity contribution in [2.45, 2.75) is 19.8 Å². The maximum absolute atomic E-state index is 13.7. The molecule has 7 heteroatoms. The van der Waals surface area contributed by atoms with Crippen LogP contribution in [0.15, 0.2) is 60.9 Å². The van der Waals surface area contributed by atoms with Gasteiger partial charge in [-0.1, -0.05) is 26.0 Å². The van der Waals surface area contributed by atoms with Crippen molar-refractivity contribution in [1.29, 1.82) is 0 Å². The third kappa shape index (κ3) is 4.19. The zero-order chi connectivity index (χ0) is 23.5. The second-order valence-electron chi connectivity index (χ2n) is 7.88. The third-order valence-corrected chi connectivity index (χ3v) is 5.44. The normalized spacial score (nSPS) is 11.2. The number of carbonyl (C=O) groups is 1. The van der Waals surface area contributed by atoms with Crippen LogP contribution in [-0.4, -0.2) is 36.5 Å². The average molecular weight is 448 g/mol. The van der Waals surface area contributed by atoms with E-state index < -0.39 is 5.97 Å². The van der Waals surface area contributed by atoms with E-state index in [0.717, 1.165) is 33.4 Å². The number of ether oxygens (including phenoxy) is 3. The van der Waals surface area contributed by atoms with Crippen LogP contribution in [0.5, 0.6) is 5.75 Å². The molecule has 6 nitrogen and oxygen atoms in total. The Hall–Kier alpha value is -3.71. The molecule has 0 aliphatic carbocycles. The van der Waals surface area contributed by atoms with Gasteiger partial charge in [0.25, 0.3) is 0 Å². The van der Waals surface area contributed by atoms with Crippen LogP contribution < -0.4 is 4.74 Å². The van der Waals surface area contributed by atoms with E-state index in [4.69, 9.17) is 14.2 Å². The first-order valence-electron chi connectivity index (χ1n) is 10.5. The van der Waals surface area contributed by atoms with Gasteiger partial charge in [-0.2, -0.15) is 0 Å². The molecule has 0 fully saturated rings. The third-order valence-electron chi connectivity index (χ3n) is 5.44. The van der Waals surface area contributed by atoms with E-state index >= 15 is 0 Å². The van der Waals surface area contributed by atoms with Crippen molar-refractivity contribution in [2.75, 3.05) is 21.0 Å². The van der Waals surface area contributed by atoms with Crippen molar-refractivity contribution in [1.82, 2.24) is 9.55 Å². The fourth-order valence-electron chi connectivity index (χ4n) is 4.05. The quantitative estimate of drug-likeness (QED) is 0.267. The minimum absolute atomic E-state index is 0.0697. The second kappa shape index (κ2) is 9.42. The maximum Gasteiger partial charge on any atom is 0.337 e. The molecule has 2 aromatic heterocycles. The summed E-state index contributed by atoms with van der Waals surface area (Å²) in [5, 5.41) is 0.862. The summed E-state index contributed by atoms with van der Waals surface area (Å²) < 4.78 is 31.6. The van der Waals surface area contributed by atoms with Crippen LogP contribution in [0, 0.1) is 5.82 Å². The van der Waals surface area contributed by atoms with Gasteiger partial charge >= 0.3 is 5.97 Å². The van der Waals surface area contributed by atoms with Gasteiger partial charge in [-0.15, -0.1) is 0 Å². The van der Waals surface area contributed by atoms with Crippen LogP contribution in [-0.2, 0) is 9.47 Å². The molecule has 4 rings (SSSR count). The molecule has 0 spiro atoms. The Labute approximate surface area is 191 Å². The van der Waals surface area contributed by atoms with Crippen molar-refractivity contribution < 1.29 is 23.4 Å². The fourth-order valence-corrected chi connectivity index (χ4v) is 4.05. The molecular weight excluding hydrogens is 423 g/mol. The molecule has 0 saturated carbocycles. The lowest BCUT2D eigenvalue weighted by Gasteiger charge is -2.16. The lowest BCUT2D eigenvalue weighted by molar-refractivity contribution is 0.0520. The van der Waals surface area contributed by atoms with Crippen molar-refractivity contribution in [3.8, 4) is 22.6 Å². The van der Waals surface area contributed by atoms with E-state index in [1.165, 1.54) is 19.2 Å². The van der Waals surface area contributed by atoms with Crippen molar-refractivity contribution >= 4 is 16.9 Å². The van der Waals surface area contributed by atoms with E-state index in [9.17, 15) is 9.18 Å². The smallest absolute Gasteiger partial charge is 0.337 e. The van der Waals surface area contributed by atoms with Gasteiger partial charge < -0.3 is 18.8 Å². The van der Waals surface area contributed by atoms with Gasteiger partial charge in [-0.25, -0.2) is 9.18 Å². The summed E-state index contributed by atoms with van der Waals surface area (Å²) in [5.74, 6) is -0.0213. The first kappa shape index (κ1) is 22.5. The van der Waals surface area contributed by atoms with Crippen LogP contribution in [0.2, 0.25) is 0 Å². The van der Waals surface area contributed by atoms with Gasteiger partial charge in [-0.05, 0) is 47.9 Å². The molecule has 170 valence electrons. The average Bonchev–Trinajstić information content (AvgIpc) is 3.19. The molecule has 0 radical (unpaired) electrons. The predicted molar refractivity (Wildman–Crippen MR) is 124 cm³/mol. The van der Waals surface area contributed by atoms with Crippen LogP contribution in [0.3, 0.4) is 0 Å². The van der Waals surface area contributed by atoms with Crippen LogP contribution in [0.4, 0.5) is 4.39 Å². The molecule has 0 unspecified atom stereocenters. The summed E-state index contributed by atoms with van der Waals surface area (Å²) in [7, 11) is 2.92. The number of pyridine rings is 1. The minimum Gasteiger partial charge on any atom is -0.465 e. The molecule has 4 aromatic rings. The number of benzene rings is 2. The molecular formula is C26H25FN2O4. The van der Waals surface area contributed by atoms with E-state index in [2.05, 4.69) is 23.4 Å². The SMILES string of the molecule is COCOc1cncc2c1c(-c1ccc(C(=O)OC)cc1)c(C(C)C)n2-c1ccc(F)cc1. The second-order valence-corrected chi connectivity index (χ2v) is 7.88. The van der Waals surface area contributed by atoms with Gasteiger partial charge in [0.15, 0.2) is 12.5 Å². The van der Waals surface area contributed by atoms with E-state index in [1.807, 2.05) is 12.1 Å². The highest BCUT2D eigenvalue weighted by Crippen LogP contribution is 2.44. The summed E-state index contributed by atoms with van der Waals surface area (Å²) in [4.78, 5) is 16.3. The molecule has 0 aliphatic rings. The highest BCUT2D eigenvalue weighted by molar-refractivity contribution is 6.03. The number of esters is 1. The van der Waals surface area contributed by atoms with E-state index in [-0.39, 0.29) is 18.5 Å². The zero-order valence-corrected chi connectivity index (χ0v) is 19.0. The topological polar surface area (TPSA) is 62.6 Å². The predicted octanol–water partition coefficient (Wildman–Crippen LogP) is 5.72. The number of methoxy groups -OCH3 is 2. The molecule has 0 amide bonds. The number of aromatic nitrogens is 2. The van der Waals surface area contributed by atoms with Crippen molar-refractivity contribution in [3.05, 3.63) is 78.0 Å². The summed E-state index contributed by atoms with van der Waals surface area (Å²) >= 11 is 0. The molecule has 0 aliphatic heterocycles. The summed E-state index contributed by atoms with van der Waals surface area (Å²) in [6.45, 7) is 4.27. The Balaban J connectivity index is 2.06. The van der Waals surface area contributed by atoms with Crippen molar-refractivity contribution in [3.63, 3.8) is 0 Å². The standard InChI is InChI=1S/C26H25FN2O4/c1-16(2)25-23(17-5-7-18(8-6-17)26(30)32-4)24-21(13-28-14-22(24)33-15-31-3)29(25)20-11-9-19(27)10-12-20/h5-14,16H,15H2,1-4H3. The lowest BCUT2D eigenvalue weighted by atomic mass is 9.96. The highest BCUT2D eigenvalue weighted by atomic mass is 19.1. The molecule has 33 heavy (non-hydrogen) atoms. The Kier molecular flexibility index (Phi) is 6.42. The fraction of sp³-hybridized carbons (Fsp3) is 0.231. The number of hydrogen-bond acceptors (Lipinski definition) is 5. The van der Waals surface area contributed by atoms with Crippen LogP contribution >= 0.6 is 0 Å². The number of fused-ring (bicyclic) bond motifs is 1. The Morgan fingerprint density at radius 2 is 1.73 bits per heavy atom. The first-order valence-corrected chi connectivity index (χ1v) is 10.5. The molecule has 0 bridgehead atoms. The Morgan fingerprint density at radius 1 is 1.03 bits per heavy atom. The van der Waals surface area contributed by atoms with Gasteiger partial charge in [0.05, 0.1) is 36.0 Å². The zero-order valence-electron chi connectivity index (χ0n) is 19.0. The summed E-state index contributed by atoms with van der Waals surface area (Å²) in [5.41, 5.74) is 4.98. The van der Waals surface area contributed by atoms with E-state index in [0.29, 0.717) is 11.3 Å². The molecule has 2 heterocycles. The summed E-state index contributed by atoms with van der Waals surface area (Å²) in [6.07, 6.45) is 3.43. The molecule has 2 aromatic carbocycles. The van der Waals surface area contributed by atoms with Gasteiger partial charge in [0.2, 0.25) is 0 Å². The Bertz CT molecular complexity index is 1280. The minimum atomic E-state index is -0.396. The lowest BCUT2D eigenvalue weighted by Crippen LogP contribution is -2.03. The van der Waals surface area contributed by atoms with E-state index in [1.54, 1.807) is 43.8 Å². The number of carbonyl (C=O) groups excluding carboxylic acids is 1. The highest BCUT2D eigenvalue weighted by Gasteiger charge is 2.25. The molecule has 0 atom stereocenters. The number of rotatable bonds is 7. The molecule has 0 saturated heterocycles. The number of nitrogens with zero attached hydrogens (tertiary/aromatic N) is 2. The number of halogens is 1. The van der Waals surface area contributed by atoms with Crippen LogP contribution in [0.1, 0.15) is 35.8 Å². The summed E-state index contributed by atoms with van der Waals surface area (Å²) in [6, 6.07) is 13.6. The van der Waals surface area contributed by atoms with Crippen LogP contribution in [0.25, 0.3) is 27.7 Å². The van der Waals surface area contributed by atoms with Gasteiger partial charge in [0.1, 0.15) is 5.82 Å².